The van der Waals surface area contributed by atoms with E-state index in [2.05, 4.69) is 55.1 Å². The smallest absolute Gasteiger partial charge is 0.191 e. The Morgan fingerprint density at radius 1 is 1.26 bits per heavy atom. The average Bonchev–Trinajstić information content (AvgIpc) is 3.29. The number of nitrogens with zero attached hydrogens (tertiary/aromatic N) is 3. The number of furan rings is 1. The summed E-state index contributed by atoms with van der Waals surface area (Å²) in [5.74, 6) is 1.80. The first-order valence-electron chi connectivity index (χ1n) is 9.81. The van der Waals surface area contributed by atoms with E-state index >= 15 is 0 Å². The van der Waals surface area contributed by atoms with Crippen LogP contribution in [0.5, 0.6) is 0 Å². The van der Waals surface area contributed by atoms with Crippen molar-refractivity contribution < 1.29 is 4.42 Å². The van der Waals surface area contributed by atoms with E-state index in [1.54, 1.807) is 17.6 Å². The molecule has 0 saturated heterocycles. The Hall–Kier alpha value is -1.86. The summed E-state index contributed by atoms with van der Waals surface area (Å²) in [4.78, 5) is 13.1. The van der Waals surface area contributed by atoms with Gasteiger partial charge in [0.1, 0.15) is 5.76 Å². The highest BCUT2D eigenvalue weighted by Gasteiger charge is 2.20. The lowest BCUT2D eigenvalue weighted by molar-refractivity contribution is 0.198. The van der Waals surface area contributed by atoms with E-state index in [-0.39, 0.29) is 6.04 Å². The number of aryl methyl sites for hydroxylation is 2. The molecule has 2 rings (SSSR count). The van der Waals surface area contributed by atoms with Gasteiger partial charge in [-0.05, 0) is 46.0 Å². The molecule has 0 aliphatic rings. The van der Waals surface area contributed by atoms with Crippen molar-refractivity contribution in [2.24, 2.45) is 4.99 Å². The Morgan fingerprint density at radius 3 is 2.59 bits per heavy atom. The number of aromatic nitrogens is 1. The first kappa shape index (κ1) is 21.4. The average molecular weight is 392 g/mol. The monoisotopic (exact) mass is 391 g/mol. The second-order valence-corrected chi connectivity index (χ2v) is 7.69. The van der Waals surface area contributed by atoms with Crippen molar-refractivity contribution in [2.45, 2.75) is 47.1 Å². The van der Waals surface area contributed by atoms with Crippen molar-refractivity contribution >= 4 is 17.3 Å². The molecule has 0 aliphatic heterocycles. The largest absolute Gasteiger partial charge is 0.468 e. The summed E-state index contributed by atoms with van der Waals surface area (Å²) in [6.07, 6.45) is 2.64. The molecule has 0 radical (unpaired) electrons. The topological polar surface area (TPSA) is 65.7 Å². The molecule has 0 bridgehead atoms. The van der Waals surface area contributed by atoms with Crippen LogP contribution in [-0.4, -0.2) is 48.6 Å². The van der Waals surface area contributed by atoms with Crippen LogP contribution in [0.3, 0.4) is 0 Å². The molecular formula is C20H33N5OS. The summed E-state index contributed by atoms with van der Waals surface area (Å²) in [6, 6.07) is 4.12. The molecule has 0 aromatic carbocycles. The van der Waals surface area contributed by atoms with E-state index in [4.69, 9.17) is 9.41 Å². The summed E-state index contributed by atoms with van der Waals surface area (Å²) in [6.45, 7) is 14.8. The molecule has 27 heavy (non-hydrogen) atoms. The molecule has 7 heteroatoms. The second-order valence-electron chi connectivity index (χ2n) is 6.40. The summed E-state index contributed by atoms with van der Waals surface area (Å²) in [5, 5.41) is 7.93. The number of hydrogen-bond donors (Lipinski definition) is 2. The van der Waals surface area contributed by atoms with Crippen molar-refractivity contribution in [3.8, 4) is 0 Å². The number of nitrogens with one attached hydrogen (secondary N) is 2. The van der Waals surface area contributed by atoms with Crippen LogP contribution in [0, 0.1) is 13.8 Å². The number of guanidine groups is 1. The van der Waals surface area contributed by atoms with Crippen LogP contribution in [0.4, 0.5) is 0 Å². The van der Waals surface area contributed by atoms with Crippen molar-refractivity contribution in [1.29, 1.82) is 0 Å². The number of hydrogen-bond acceptors (Lipinski definition) is 5. The van der Waals surface area contributed by atoms with Gasteiger partial charge in [-0.1, -0.05) is 13.8 Å². The normalized spacial score (nSPS) is 13.2. The zero-order chi connectivity index (χ0) is 19.6. The van der Waals surface area contributed by atoms with E-state index in [1.807, 2.05) is 12.1 Å². The lowest BCUT2D eigenvalue weighted by Gasteiger charge is -2.27. The van der Waals surface area contributed by atoms with Gasteiger partial charge in [-0.3, -0.25) is 9.89 Å². The van der Waals surface area contributed by atoms with Crippen LogP contribution in [0.15, 0.2) is 27.8 Å². The third-order valence-electron chi connectivity index (χ3n) is 4.60. The zero-order valence-electron chi connectivity index (χ0n) is 17.2. The molecule has 0 fully saturated rings. The van der Waals surface area contributed by atoms with Crippen molar-refractivity contribution in [1.82, 2.24) is 20.5 Å². The third kappa shape index (κ3) is 6.36. The van der Waals surface area contributed by atoms with Crippen molar-refractivity contribution in [3.05, 3.63) is 39.7 Å². The minimum absolute atomic E-state index is 0.148. The summed E-state index contributed by atoms with van der Waals surface area (Å²) < 4.78 is 5.67. The molecule has 2 N–H and O–H groups in total. The number of likely N-dealkylation sites (N-methyl/N-ethyl adjacent to an activating group) is 1. The molecule has 0 saturated carbocycles. The van der Waals surface area contributed by atoms with Crippen LogP contribution in [0.2, 0.25) is 0 Å². The Labute approximate surface area is 167 Å². The van der Waals surface area contributed by atoms with Crippen LogP contribution >= 0.6 is 11.3 Å². The Balaban J connectivity index is 1.99. The molecular weight excluding hydrogens is 358 g/mol. The predicted octanol–water partition coefficient (Wildman–Crippen LogP) is 3.53. The fourth-order valence-corrected chi connectivity index (χ4v) is 3.92. The fourth-order valence-electron chi connectivity index (χ4n) is 2.98. The predicted molar refractivity (Wildman–Crippen MR) is 114 cm³/mol. The highest BCUT2D eigenvalue weighted by molar-refractivity contribution is 7.11. The number of aliphatic imine (C=N–C) groups is 1. The lowest BCUT2D eigenvalue weighted by atomic mass is 10.2. The van der Waals surface area contributed by atoms with Gasteiger partial charge in [0.2, 0.25) is 0 Å². The summed E-state index contributed by atoms with van der Waals surface area (Å²) in [7, 11) is 0. The zero-order valence-corrected chi connectivity index (χ0v) is 18.0. The van der Waals surface area contributed by atoms with Crippen LogP contribution in [0.1, 0.15) is 48.2 Å². The molecule has 1 unspecified atom stereocenters. The molecule has 0 spiro atoms. The van der Waals surface area contributed by atoms with Gasteiger partial charge in [-0.25, -0.2) is 4.98 Å². The maximum atomic E-state index is 5.67. The molecule has 6 nitrogen and oxygen atoms in total. The third-order valence-corrected chi connectivity index (χ3v) is 5.73. The minimum Gasteiger partial charge on any atom is -0.468 e. The van der Waals surface area contributed by atoms with Crippen LogP contribution in [0.25, 0.3) is 0 Å². The Kier molecular flexibility index (Phi) is 8.81. The summed E-state index contributed by atoms with van der Waals surface area (Å²) in [5.41, 5.74) is 1.14. The first-order chi connectivity index (χ1) is 13.1. The fraction of sp³-hybridized carbons (Fsp3) is 0.600. The molecule has 0 aliphatic carbocycles. The standard InChI is InChI=1S/C20H33N5OS/c1-6-21-20(22-12-11-19-24-15(4)16(5)27-19)23-14-17(25(7-2)8-3)18-10-9-13-26-18/h9-10,13,17H,6-8,11-12,14H2,1-5H3,(H2,21,22,23). The van der Waals surface area contributed by atoms with Crippen LogP contribution < -0.4 is 10.6 Å². The first-order valence-corrected chi connectivity index (χ1v) is 10.6. The maximum Gasteiger partial charge on any atom is 0.191 e. The highest BCUT2D eigenvalue weighted by Crippen LogP contribution is 2.21. The Morgan fingerprint density at radius 2 is 2.04 bits per heavy atom. The molecule has 1 atom stereocenters. The van der Waals surface area contributed by atoms with Crippen LogP contribution in [-0.2, 0) is 6.42 Å². The summed E-state index contributed by atoms with van der Waals surface area (Å²) >= 11 is 1.78. The lowest BCUT2D eigenvalue weighted by Crippen LogP contribution is -2.39. The van der Waals surface area contributed by atoms with Gasteiger partial charge in [-0.2, -0.15) is 0 Å². The molecule has 2 aromatic heterocycles. The molecule has 2 aromatic rings. The van der Waals surface area contributed by atoms with Crippen molar-refractivity contribution in [2.75, 3.05) is 32.7 Å². The highest BCUT2D eigenvalue weighted by atomic mass is 32.1. The van der Waals surface area contributed by atoms with Gasteiger partial charge in [-0.15, -0.1) is 11.3 Å². The molecule has 0 amide bonds. The van der Waals surface area contributed by atoms with E-state index < -0.39 is 0 Å². The maximum absolute atomic E-state index is 5.67. The van der Waals surface area contributed by atoms with E-state index in [0.29, 0.717) is 6.54 Å². The van der Waals surface area contributed by atoms with Gasteiger partial charge < -0.3 is 15.1 Å². The molecule has 150 valence electrons. The van der Waals surface area contributed by atoms with Gasteiger partial charge in [0, 0.05) is 24.4 Å². The van der Waals surface area contributed by atoms with Gasteiger partial charge in [0.15, 0.2) is 5.96 Å². The molecule has 2 heterocycles. The van der Waals surface area contributed by atoms with Gasteiger partial charge >= 0.3 is 0 Å². The van der Waals surface area contributed by atoms with E-state index in [0.717, 1.165) is 50.0 Å². The number of rotatable bonds is 10. The number of thiazole rings is 1. The minimum atomic E-state index is 0.148. The SMILES string of the molecule is CCNC(=NCC(c1ccco1)N(CC)CC)NCCc1nc(C)c(C)s1. The van der Waals surface area contributed by atoms with E-state index in [9.17, 15) is 0 Å². The quantitative estimate of drug-likeness (QED) is 0.479. The second kappa shape index (κ2) is 11.1. The van der Waals surface area contributed by atoms with E-state index in [1.165, 1.54) is 9.88 Å². The van der Waals surface area contributed by atoms with Gasteiger partial charge in [0.25, 0.3) is 0 Å². The Bertz CT molecular complexity index is 672. The van der Waals surface area contributed by atoms with Crippen molar-refractivity contribution in [3.63, 3.8) is 0 Å². The van der Waals surface area contributed by atoms with Gasteiger partial charge in [0.05, 0.1) is 29.6 Å².